The fraction of sp³-hybridized carbons (Fsp3) is 0.607. The first kappa shape index (κ1) is 29.5. The molecule has 0 bridgehead atoms. The lowest BCUT2D eigenvalue weighted by Crippen LogP contribution is -2.54. The van der Waals surface area contributed by atoms with Crippen LogP contribution in [0, 0.1) is 11.3 Å². The lowest BCUT2D eigenvalue weighted by Gasteiger charge is -2.48. The highest BCUT2D eigenvalue weighted by atomic mass is 35.5. The van der Waals surface area contributed by atoms with E-state index in [1.807, 2.05) is 6.08 Å². The number of carbonyl (C=O) groups excluding carboxylic acids is 3. The first-order valence-electron chi connectivity index (χ1n) is 13.3. The fourth-order valence-corrected chi connectivity index (χ4v) is 5.61. The maximum absolute atomic E-state index is 13.8. The Labute approximate surface area is 229 Å². The third-order valence-corrected chi connectivity index (χ3v) is 7.59. The molecule has 9 heteroatoms. The number of allylic oxidation sites excluding steroid dienone is 1. The Hall–Kier alpha value is -2.09. The van der Waals surface area contributed by atoms with Crippen LogP contribution in [0.1, 0.15) is 70.8 Å². The first-order valence-corrected chi connectivity index (χ1v) is 14.1. The molecule has 1 aromatic carbocycles. The monoisotopic (exact) mass is 552 g/mol. The van der Waals surface area contributed by atoms with Crippen LogP contribution in [0.5, 0.6) is 0 Å². The predicted molar refractivity (Wildman–Crippen MR) is 144 cm³/mol. The maximum atomic E-state index is 13.8. The summed E-state index contributed by atoms with van der Waals surface area (Å²) >= 11 is 12.5. The Balaban J connectivity index is 1.78. The summed E-state index contributed by atoms with van der Waals surface area (Å²) in [6, 6.07) is 5.14. The largest absolute Gasteiger partial charge is 0.465 e. The molecule has 1 heterocycles. The summed E-state index contributed by atoms with van der Waals surface area (Å²) in [6.07, 6.45) is 7.19. The second-order valence-electron chi connectivity index (χ2n) is 9.72. The number of ether oxygens (including phenoxy) is 2. The first-order chi connectivity index (χ1) is 17.8. The minimum atomic E-state index is -0.959. The second kappa shape index (κ2) is 14.2. The van der Waals surface area contributed by atoms with Crippen LogP contribution in [-0.4, -0.2) is 49.0 Å². The number of hydrogen-bond donors (Lipinski definition) is 1. The number of nitrogens with zero attached hydrogens (tertiary/aromatic N) is 1. The van der Waals surface area contributed by atoms with Crippen LogP contribution in [0.3, 0.4) is 0 Å². The SMILES string of the molecule is CCCCOCCCNC(=O)C[C@@H]1C[C@@]2(C(=O)OCC)CCCC=C2N(Cc2ccc(Cl)cc2Cl)C1=O. The number of hydrogen-bond acceptors (Lipinski definition) is 5. The molecule has 1 aromatic rings. The van der Waals surface area contributed by atoms with Gasteiger partial charge in [-0.2, -0.15) is 0 Å². The number of esters is 1. The average molecular weight is 554 g/mol. The molecule has 1 N–H and O–H groups in total. The number of likely N-dealkylation sites (tertiary alicyclic amines) is 1. The van der Waals surface area contributed by atoms with Gasteiger partial charge in [0.25, 0.3) is 0 Å². The van der Waals surface area contributed by atoms with Gasteiger partial charge in [-0.05, 0) is 63.1 Å². The van der Waals surface area contributed by atoms with Crippen molar-refractivity contribution in [1.29, 1.82) is 0 Å². The van der Waals surface area contributed by atoms with E-state index in [-0.39, 0.29) is 43.8 Å². The number of rotatable bonds is 13. The van der Waals surface area contributed by atoms with Crippen molar-refractivity contribution in [1.82, 2.24) is 10.2 Å². The summed E-state index contributed by atoms with van der Waals surface area (Å²) in [7, 11) is 0. The normalized spacial score (nSPS) is 21.3. The standard InChI is InChI=1S/C28H38Cl2N2O5/c1-3-5-14-36-15-8-13-31-25(33)16-21-18-28(27(35)37-4-2)12-7-6-9-24(28)32(26(21)34)19-20-10-11-22(29)17-23(20)30/h9-11,17,21H,3-8,12-16,18-19H2,1-2H3,(H,31,33)/t21-,28+/m1/s1. The van der Waals surface area contributed by atoms with Crippen LogP contribution in [0.4, 0.5) is 0 Å². The molecule has 3 rings (SSSR count). The van der Waals surface area contributed by atoms with Crippen LogP contribution in [0.25, 0.3) is 0 Å². The molecule has 2 atom stereocenters. The summed E-state index contributed by atoms with van der Waals surface area (Å²) in [5.74, 6) is -1.38. The van der Waals surface area contributed by atoms with Gasteiger partial charge in [0.15, 0.2) is 0 Å². The van der Waals surface area contributed by atoms with Crippen molar-refractivity contribution in [3.05, 3.63) is 45.6 Å². The van der Waals surface area contributed by atoms with Gasteiger partial charge in [-0.3, -0.25) is 14.4 Å². The molecule has 0 aromatic heterocycles. The minimum Gasteiger partial charge on any atom is -0.465 e. The van der Waals surface area contributed by atoms with Crippen molar-refractivity contribution in [2.45, 2.75) is 71.8 Å². The van der Waals surface area contributed by atoms with Crippen LogP contribution < -0.4 is 5.32 Å². The molecule has 1 aliphatic heterocycles. The molecular weight excluding hydrogens is 515 g/mol. The van der Waals surface area contributed by atoms with E-state index in [1.54, 1.807) is 30.0 Å². The van der Waals surface area contributed by atoms with Crippen molar-refractivity contribution < 1.29 is 23.9 Å². The zero-order valence-electron chi connectivity index (χ0n) is 21.8. The Morgan fingerprint density at radius 1 is 1.19 bits per heavy atom. The van der Waals surface area contributed by atoms with Gasteiger partial charge in [0.2, 0.25) is 11.8 Å². The Kier molecular flexibility index (Phi) is 11.3. The summed E-state index contributed by atoms with van der Waals surface area (Å²) in [4.78, 5) is 41.6. The van der Waals surface area contributed by atoms with E-state index in [1.165, 1.54) is 0 Å². The van der Waals surface area contributed by atoms with Crippen LogP contribution in [-0.2, 0) is 30.4 Å². The molecule has 2 amide bonds. The third-order valence-electron chi connectivity index (χ3n) is 7.01. The predicted octanol–water partition coefficient (Wildman–Crippen LogP) is 5.67. The Morgan fingerprint density at radius 3 is 2.70 bits per heavy atom. The number of unbranched alkanes of at least 4 members (excludes halogenated alkanes) is 1. The number of benzene rings is 1. The zero-order chi connectivity index (χ0) is 26.8. The van der Waals surface area contributed by atoms with E-state index >= 15 is 0 Å². The molecule has 1 saturated heterocycles. The van der Waals surface area contributed by atoms with Crippen molar-refractivity contribution in [2.24, 2.45) is 11.3 Å². The maximum Gasteiger partial charge on any atom is 0.318 e. The van der Waals surface area contributed by atoms with Gasteiger partial charge in [0, 0.05) is 47.8 Å². The molecule has 1 aliphatic carbocycles. The van der Waals surface area contributed by atoms with Gasteiger partial charge >= 0.3 is 5.97 Å². The molecule has 0 unspecified atom stereocenters. The molecule has 1 fully saturated rings. The summed E-state index contributed by atoms with van der Waals surface area (Å²) in [5.41, 5.74) is 0.421. The summed E-state index contributed by atoms with van der Waals surface area (Å²) < 4.78 is 11.1. The number of fused-ring (bicyclic) bond motifs is 1. The van der Waals surface area contributed by atoms with Gasteiger partial charge in [-0.15, -0.1) is 0 Å². The zero-order valence-corrected chi connectivity index (χ0v) is 23.3. The van der Waals surface area contributed by atoms with Gasteiger partial charge in [0.05, 0.1) is 13.2 Å². The van der Waals surface area contributed by atoms with Gasteiger partial charge in [0.1, 0.15) is 5.41 Å². The highest BCUT2D eigenvalue weighted by Crippen LogP contribution is 2.50. The topological polar surface area (TPSA) is 84.9 Å². The average Bonchev–Trinajstić information content (AvgIpc) is 2.87. The summed E-state index contributed by atoms with van der Waals surface area (Å²) in [6.45, 7) is 6.10. The molecule has 0 spiro atoms. The highest BCUT2D eigenvalue weighted by Gasteiger charge is 2.54. The number of piperidine rings is 1. The second-order valence-corrected chi connectivity index (χ2v) is 10.6. The number of nitrogens with one attached hydrogen (secondary N) is 1. The van der Waals surface area contributed by atoms with E-state index in [9.17, 15) is 14.4 Å². The number of carbonyl (C=O) groups is 3. The van der Waals surface area contributed by atoms with E-state index in [4.69, 9.17) is 32.7 Å². The lowest BCUT2D eigenvalue weighted by atomic mass is 9.66. The van der Waals surface area contributed by atoms with Gasteiger partial charge in [-0.1, -0.05) is 48.7 Å². The smallest absolute Gasteiger partial charge is 0.318 e. The quantitative estimate of drug-likeness (QED) is 0.251. The van der Waals surface area contributed by atoms with Gasteiger partial charge in [-0.25, -0.2) is 0 Å². The number of halogens is 2. The van der Waals surface area contributed by atoms with Crippen LogP contribution >= 0.6 is 23.2 Å². The molecule has 7 nitrogen and oxygen atoms in total. The molecule has 0 radical (unpaired) electrons. The van der Waals surface area contributed by atoms with Crippen molar-refractivity contribution in [3.63, 3.8) is 0 Å². The Bertz CT molecular complexity index is 999. The molecule has 37 heavy (non-hydrogen) atoms. The molecular formula is C28H38Cl2N2O5. The van der Waals surface area contributed by atoms with E-state index in [0.29, 0.717) is 41.7 Å². The highest BCUT2D eigenvalue weighted by molar-refractivity contribution is 6.35. The van der Waals surface area contributed by atoms with Crippen molar-refractivity contribution in [2.75, 3.05) is 26.4 Å². The molecule has 2 aliphatic rings. The van der Waals surface area contributed by atoms with Crippen molar-refractivity contribution >= 4 is 41.0 Å². The summed E-state index contributed by atoms with van der Waals surface area (Å²) in [5, 5.41) is 3.85. The minimum absolute atomic E-state index is 0.00874. The third kappa shape index (κ3) is 7.49. The van der Waals surface area contributed by atoms with E-state index in [0.717, 1.165) is 37.9 Å². The lowest BCUT2D eigenvalue weighted by molar-refractivity contribution is -0.162. The van der Waals surface area contributed by atoms with Crippen LogP contribution in [0.2, 0.25) is 10.0 Å². The van der Waals surface area contributed by atoms with Gasteiger partial charge < -0.3 is 19.7 Å². The van der Waals surface area contributed by atoms with E-state index in [2.05, 4.69) is 12.2 Å². The van der Waals surface area contributed by atoms with Crippen LogP contribution in [0.15, 0.2) is 30.0 Å². The Morgan fingerprint density at radius 2 is 1.97 bits per heavy atom. The van der Waals surface area contributed by atoms with Crippen molar-refractivity contribution in [3.8, 4) is 0 Å². The van der Waals surface area contributed by atoms with E-state index < -0.39 is 11.3 Å². The molecule has 0 saturated carbocycles. The molecule has 204 valence electrons. The number of amides is 2. The fourth-order valence-electron chi connectivity index (χ4n) is 5.14.